The number of hydrogen-bond acceptors (Lipinski definition) is 3. The van der Waals surface area contributed by atoms with Gasteiger partial charge in [0, 0.05) is 53.7 Å². The molecule has 1 aromatic rings. The molecule has 0 spiro atoms. The molecule has 0 radical (unpaired) electrons. The van der Waals surface area contributed by atoms with Gasteiger partial charge in [-0.25, -0.2) is 0 Å². The number of nitrogens with one attached hydrogen (secondary N) is 1. The van der Waals surface area contributed by atoms with E-state index in [9.17, 15) is 4.21 Å². The summed E-state index contributed by atoms with van der Waals surface area (Å²) in [5.41, 5.74) is 3.57. The van der Waals surface area contributed by atoms with Crippen molar-refractivity contribution >= 4 is 10.8 Å². The molecule has 0 fully saturated rings. The van der Waals surface area contributed by atoms with Crippen molar-refractivity contribution in [3.63, 3.8) is 0 Å². The van der Waals surface area contributed by atoms with Gasteiger partial charge in [0.2, 0.25) is 0 Å². The lowest BCUT2D eigenvalue weighted by Gasteiger charge is -2.13. The van der Waals surface area contributed by atoms with E-state index in [0.29, 0.717) is 6.04 Å². The predicted octanol–water partition coefficient (Wildman–Crippen LogP) is 1.28. The van der Waals surface area contributed by atoms with Crippen molar-refractivity contribution in [3.05, 3.63) is 17.0 Å². The molecule has 0 saturated heterocycles. The molecule has 1 rings (SSSR count). The van der Waals surface area contributed by atoms with Crippen LogP contribution in [0.3, 0.4) is 0 Å². The van der Waals surface area contributed by atoms with Crippen LogP contribution in [-0.2, 0) is 24.4 Å². The van der Waals surface area contributed by atoms with Crippen LogP contribution < -0.4 is 5.32 Å². The molecule has 0 aliphatic carbocycles. The second-order valence-corrected chi connectivity index (χ2v) is 6.18. The van der Waals surface area contributed by atoms with Gasteiger partial charge in [0.15, 0.2) is 0 Å². The van der Waals surface area contributed by atoms with Crippen molar-refractivity contribution in [1.29, 1.82) is 0 Å². The van der Waals surface area contributed by atoms with Crippen molar-refractivity contribution in [1.82, 2.24) is 15.1 Å². The lowest BCUT2D eigenvalue weighted by atomic mass is 10.2. The first-order chi connectivity index (χ1) is 7.91. The van der Waals surface area contributed by atoms with Gasteiger partial charge >= 0.3 is 0 Å². The van der Waals surface area contributed by atoms with E-state index >= 15 is 0 Å². The fourth-order valence-electron chi connectivity index (χ4n) is 1.79. The Kier molecular flexibility index (Phi) is 5.33. The Balaban J connectivity index is 2.47. The van der Waals surface area contributed by atoms with Gasteiger partial charge in [-0.3, -0.25) is 8.89 Å². The smallest absolute Gasteiger partial charge is 0.0641 e. The minimum atomic E-state index is -0.695. The summed E-state index contributed by atoms with van der Waals surface area (Å²) in [4.78, 5) is 0. The summed E-state index contributed by atoms with van der Waals surface area (Å²) < 4.78 is 12.9. The molecule has 0 aliphatic rings. The zero-order valence-corrected chi connectivity index (χ0v) is 12.2. The number of aryl methyl sites for hydroxylation is 2. The largest absolute Gasteiger partial charge is 0.310 e. The van der Waals surface area contributed by atoms with E-state index in [4.69, 9.17) is 0 Å². The van der Waals surface area contributed by atoms with Crippen molar-refractivity contribution < 1.29 is 4.21 Å². The molecule has 0 aliphatic heterocycles. The zero-order chi connectivity index (χ0) is 13.0. The molecule has 0 saturated carbocycles. The van der Waals surface area contributed by atoms with Crippen molar-refractivity contribution in [2.75, 3.05) is 12.0 Å². The van der Waals surface area contributed by atoms with Crippen LogP contribution in [0.15, 0.2) is 0 Å². The molecule has 4 nitrogen and oxygen atoms in total. The Bertz CT molecular complexity index is 401. The van der Waals surface area contributed by atoms with Crippen LogP contribution in [0, 0.1) is 13.8 Å². The molecule has 98 valence electrons. The van der Waals surface area contributed by atoms with Crippen LogP contribution in [-0.4, -0.2) is 32.0 Å². The molecule has 5 heteroatoms. The quantitative estimate of drug-likeness (QED) is 0.835. The summed E-state index contributed by atoms with van der Waals surface area (Å²) in [6, 6.07) is 0.387. The van der Waals surface area contributed by atoms with Crippen molar-refractivity contribution in [3.8, 4) is 0 Å². The summed E-state index contributed by atoms with van der Waals surface area (Å²) in [7, 11) is 1.27. The SMILES string of the molecule is Cc1nn(C)c(C)c1CNC(C)CCS(C)=O. The molecule has 17 heavy (non-hydrogen) atoms. The van der Waals surface area contributed by atoms with E-state index in [1.165, 1.54) is 11.3 Å². The minimum Gasteiger partial charge on any atom is -0.310 e. The van der Waals surface area contributed by atoms with Gasteiger partial charge in [-0.15, -0.1) is 0 Å². The number of aromatic nitrogens is 2. The van der Waals surface area contributed by atoms with Crippen LogP contribution in [0.2, 0.25) is 0 Å². The third-order valence-electron chi connectivity index (χ3n) is 3.12. The van der Waals surface area contributed by atoms with Crippen LogP contribution >= 0.6 is 0 Å². The topological polar surface area (TPSA) is 46.9 Å². The molecule has 1 aromatic heterocycles. The average Bonchev–Trinajstić information content (AvgIpc) is 2.48. The highest BCUT2D eigenvalue weighted by molar-refractivity contribution is 7.84. The number of nitrogens with zero attached hydrogens (tertiary/aromatic N) is 2. The van der Waals surface area contributed by atoms with Gasteiger partial charge in [0.1, 0.15) is 0 Å². The Morgan fingerprint density at radius 1 is 1.47 bits per heavy atom. The van der Waals surface area contributed by atoms with E-state index in [2.05, 4.69) is 24.3 Å². The lowest BCUT2D eigenvalue weighted by Crippen LogP contribution is -2.27. The van der Waals surface area contributed by atoms with E-state index in [-0.39, 0.29) is 0 Å². The third-order valence-corrected chi connectivity index (χ3v) is 3.94. The van der Waals surface area contributed by atoms with Crippen LogP contribution in [0.25, 0.3) is 0 Å². The number of hydrogen-bond donors (Lipinski definition) is 1. The summed E-state index contributed by atoms with van der Waals surface area (Å²) >= 11 is 0. The minimum absolute atomic E-state index is 0.387. The Hall–Kier alpha value is -0.680. The first-order valence-electron chi connectivity index (χ1n) is 5.94. The summed E-state index contributed by atoms with van der Waals surface area (Å²) in [6.45, 7) is 7.09. The van der Waals surface area contributed by atoms with Gasteiger partial charge in [-0.05, 0) is 27.2 Å². The highest BCUT2D eigenvalue weighted by atomic mass is 32.2. The van der Waals surface area contributed by atoms with Crippen LogP contribution in [0.1, 0.15) is 30.3 Å². The normalized spacial score (nSPS) is 14.9. The van der Waals surface area contributed by atoms with Crippen LogP contribution in [0.5, 0.6) is 0 Å². The van der Waals surface area contributed by atoms with Gasteiger partial charge < -0.3 is 5.32 Å². The van der Waals surface area contributed by atoms with E-state index in [0.717, 1.165) is 24.4 Å². The molecule has 0 bridgehead atoms. The third kappa shape index (κ3) is 4.24. The first-order valence-corrected chi connectivity index (χ1v) is 7.67. The molecule has 2 unspecified atom stereocenters. The molecule has 0 amide bonds. The molecule has 2 atom stereocenters. The maximum Gasteiger partial charge on any atom is 0.0641 e. The zero-order valence-electron chi connectivity index (χ0n) is 11.4. The Labute approximate surface area is 106 Å². The lowest BCUT2D eigenvalue weighted by molar-refractivity contribution is 0.532. The highest BCUT2D eigenvalue weighted by Gasteiger charge is 2.10. The van der Waals surface area contributed by atoms with Gasteiger partial charge in [-0.2, -0.15) is 5.10 Å². The Morgan fingerprint density at radius 2 is 2.12 bits per heavy atom. The fourth-order valence-corrected chi connectivity index (χ4v) is 2.48. The monoisotopic (exact) mass is 257 g/mol. The van der Waals surface area contributed by atoms with E-state index < -0.39 is 10.8 Å². The van der Waals surface area contributed by atoms with Crippen LogP contribution in [0.4, 0.5) is 0 Å². The standard InChI is InChI=1S/C12H23N3OS/c1-9(6-7-17(5)16)13-8-12-10(2)14-15(4)11(12)3/h9,13H,6-8H2,1-5H3. The van der Waals surface area contributed by atoms with Crippen molar-refractivity contribution in [2.24, 2.45) is 7.05 Å². The highest BCUT2D eigenvalue weighted by Crippen LogP contribution is 2.11. The second-order valence-electron chi connectivity index (χ2n) is 4.62. The Morgan fingerprint density at radius 3 is 2.59 bits per heavy atom. The van der Waals surface area contributed by atoms with Gasteiger partial charge in [0.05, 0.1) is 5.69 Å². The van der Waals surface area contributed by atoms with Gasteiger partial charge in [-0.1, -0.05) is 0 Å². The van der Waals surface area contributed by atoms with Gasteiger partial charge in [0.25, 0.3) is 0 Å². The molecule has 0 aromatic carbocycles. The molecular formula is C12H23N3OS. The second kappa shape index (κ2) is 6.31. The van der Waals surface area contributed by atoms with Crippen molar-refractivity contribution in [2.45, 2.75) is 39.8 Å². The summed E-state index contributed by atoms with van der Waals surface area (Å²) in [5.74, 6) is 0.763. The first kappa shape index (κ1) is 14.4. The maximum absolute atomic E-state index is 11.0. The summed E-state index contributed by atoms with van der Waals surface area (Å²) in [5, 5.41) is 7.85. The summed E-state index contributed by atoms with van der Waals surface area (Å²) in [6.07, 6.45) is 2.70. The number of rotatable bonds is 6. The molecular weight excluding hydrogens is 234 g/mol. The molecule has 1 N–H and O–H groups in total. The predicted molar refractivity (Wildman–Crippen MR) is 72.5 cm³/mol. The molecule has 1 heterocycles. The van der Waals surface area contributed by atoms with E-state index in [1.54, 1.807) is 6.26 Å². The average molecular weight is 257 g/mol. The maximum atomic E-state index is 11.0. The van der Waals surface area contributed by atoms with E-state index in [1.807, 2.05) is 18.7 Å². The fraction of sp³-hybridized carbons (Fsp3) is 0.750.